The highest BCUT2D eigenvalue weighted by Gasteiger charge is 2.08. The molecule has 0 heterocycles. The van der Waals surface area contributed by atoms with Gasteiger partial charge in [0.1, 0.15) is 0 Å². The third-order valence-electron chi connectivity index (χ3n) is 4.23. The van der Waals surface area contributed by atoms with E-state index >= 15 is 0 Å². The predicted molar refractivity (Wildman–Crippen MR) is 112 cm³/mol. The summed E-state index contributed by atoms with van der Waals surface area (Å²) in [6.45, 7) is 4.06. The summed E-state index contributed by atoms with van der Waals surface area (Å²) >= 11 is 1.88. The quantitative estimate of drug-likeness (QED) is 0.584. The fraction of sp³-hybridized carbons (Fsp3) is 0.174. The Kier molecular flexibility index (Phi) is 6.13. The van der Waals surface area contributed by atoms with Crippen LogP contribution in [0.5, 0.6) is 0 Å². The summed E-state index contributed by atoms with van der Waals surface area (Å²) in [5.74, 6) is 1.87. The normalized spacial score (nSPS) is 10.5. The molecule has 0 fully saturated rings. The van der Waals surface area contributed by atoms with Gasteiger partial charge in [0, 0.05) is 22.8 Å². The van der Waals surface area contributed by atoms with E-state index in [-0.39, 0.29) is 5.91 Å². The van der Waals surface area contributed by atoms with Crippen LogP contribution in [0.4, 0.5) is 5.69 Å². The molecule has 0 saturated carbocycles. The number of anilines is 1. The van der Waals surface area contributed by atoms with Crippen LogP contribution in [-0.2, 0) is 11.5 Å². The van der Waals surface area contributed by atoms with Crippen LogP contribution >= 0.6 is 11.8 Å². The minimum absolute atomic E-state index is 0.0690. The Morgan fingerprint density at radius 3 is 2.15 bits per heavy atom. The first-order valence-electron chi connectivity index (χ1n) is 8.71. The molecule has 0 aliphatic carbocycles. The molecule has 0 unspecified atom stereocenters. The van der Waals surface area contributed by atoms with Crippen molar-refractivity contribution in [2.75, 3.05) is 5.32 Å². The molecule has 3 rings (SSSR count). The predicted octanol–water partition coefficient (Wildman–Crippen LogP) is 5.99. The van der Waals surface area contributed by atoms with Gasteiger partial charge in [0.2, 0.25) is 0 Å². The van der Waals surface area contributed by atoms with E-state index in [1.54, 1.807) is 0 Å². The van der Waals surface area contributed by atoms with E-state index in [4.69, 9.17) is 0 Å². The van der Waals surface area contributed by atoms with Gasteiger partial charge < -0.3 is 5.32 Å². The number of thioether (sulfide) groups is 1. The zero-order valence-corrected chi connectivity index (χ0v) is 16.0. The van der Waals surface area contributed by atoms with Crippen LogP contribution in [0.1, 0.15) is 32.6 Å². The van der Waals surface area contributed by atoms with Crippen molar-refractivity contribution in [3.8, 4) is 0 Å². The number of amides is 1. The summed E-state index contributed by atoms with van der Waals surface area (Å²) in [6, 6.07) is 24.4. The van der Waals surface area contributed by atoms with Crippen LogP contribution in [0, 0.1) is 13.8 Å². The molecule has 2 nitrogen and oxygen atoms in total. The lowest BCUT2D eigenvalue weighted by molar-refractivity contribution is 0.102. The Hall–Kier alpha value is -2.52. The molecule has 132 valence electrons. The SMILES string of the molecule is Cc1ccc(NC(=O)c2ccc(CSCc3ccccc3)cc2)c(C)c1. The molecule has 0 spiro atoms. The molecular weight excluding hydrogens is 338 g/mol. The van der Waals surface area contributed by atoms with E-state index in [2.05, 4.69) is 35.6 Å². The molecule has 3 heteroatoms. The van der Waals surface area contributed by atoms with Crippen LogP contribution in [0.3, 0.4) is 0 Å². The Bertz CT molecular complexity index is 872. The van der Waals surface area contributed by atoms with Crippen molar-refractivity contribution in [1.82, 2.24) is 0 Å². The maximum Gasteiger partial charge on any atom is 0.255 e. The van der Waals surface area contributed by atoms with Crippen LogP contribution < -0.4 is 5.32 Å². The molecule has 0 aliphatic heterocycles. The maximum atomic E-state index is 12.4. The number of carbonyl (C=O) groups is 1. The Morgan fingerprint density at radius 2 is 1.50 bits per heavy atom. The van der Waals surface area contributed by atoms with Crippen LogP contribution in [0.2, 0.25) is 0 Å². The Balaban J connectivity index is 1.55. The number of carbonyl (C=O) groups excluding carboxylic acids is 1. The van der Waals surface area contributed by atoms with E-state index in [0.29, 0.717) is 5.56 Å². The van der Waals surface area contributed by atoms with Gasteiger partial charge in [0.05, 0.1) is 0 Å². The van der Waals surface area contributed by atoms with Gasteiger partial charge in [-0.05, 0) is 48.7 Å². The molecular formula is C23H23NOS. The van der Waals surface area contributed by atoms with Gasteiger partial charge in [-0.3, -0.25) is 4.79 Å². The van der Waals surface area contributed by atoms with Crippen molar-refractivity contribution in [3.63, 3.8) is 0 Å². The minimum Gasteiger partial charge on any atom is -0.322 e. The molecule has 1 N–H and O–H groups in total. The Morgan fingerprint density at radius 1 is 0.846 bits per heavy atom. The van der Waals surface area contributed by atoms with Crippen molar-refractivity contribution in [2.45, 2.75) is 25.4 Å². The van der Waals surface area contributed by atoms with E-state index in [1.165, 1.54) is 16.7 Å². The zero-order chi connectivity index (χ0) is 18.4. The number of hydrogen-bond acceptors (Lipinski definition) is 2. The highest BCUT2D eigenvalue weighted by atomic mass is 32.2. The molecule has 0 atom stereocenters. The van der Waals surface area contributed by atoms with Crippen molar-refractivity contribution >= 4 is 23.4 Å². The summed E-state index contributed by atoms with van der Waals surface area (Å²) in [4.78, 5) is 12.4. The third kappa shape index (κ3) is 4.99. The van der Waals surface area contributed by atoms with Crippen LogP contribution in [-0.4, -0.2) is 5.91 Å². The molecule has 0 aromatic heterocycles. The van der Waals surface area contributed by atoms with Crippen LogP contribution in [0.25, 0.3) is 0 Å². The zero-order valence-electron chi connectivity index (χ0n) is 15.2. The Labute approximate surface area is 159 Å². The van der Waals surface area contributed by atoms with E-state index in [1.807, 2.05) is 68.1 Å². The lowest BCUT2D eigenvalue weighted by atomic mass is 10.1. The topological polar surface area (TPSA) is 29.1 Å². The molecule has 26 heavy (non-hydrogen) atoms. The smallest absolute Gasteiger partial charge is 0.255 e. The second-order valence-corrected chi connectivity index (χ2v) is 7.43. The monoisotopic (exact) mass is 361 g/mol. The van der Waals surface area contributed by atoms with Gasteiger partial charge in [0.25, 0.3) is 5.91 Å². The van der Waals surface area contributed by atoms with Gasteiger partial charge in [0.15, 0.2) is 0 Å². The summed E-state index contributed by atoms with van der Waals surface area (Å²) in [5, 5.41) is 2.99. The molecule has 0 aliphatic rings. The van der Waals surface area contributed by atoms with Gasteiger partial charge in [-0.2, -0.15) is 11.8 Å². The second kappa shape index (κ2) is 8.72. The molecule has 3 aromatic rings. The van der Waals surface area contributed by atoms with Gasteiger partial charge in [-0.25, -0.2) is 0 Å². The van der Waals surface area contributed by atoms with Crippen molar-refractivity contribution < 1.29 is 4.79 Å². The molecule has 0 bridgehead atoms. The highest BCUT2D eigenvalue weighted by Crippen LogP contribution is 2.20. The number of rotatable bonds is 6. The van der Waals surface area contributed by atoms with E-state index < -0.39 is 0 Å². The first kappa shape index (κ1) is 18.3. The lowest BCUT2D eigenvalue weighted by Crippen LogP contribution is -2.12. The first-order valence-corrected chi connectivity index (χ1v) is 9.86. The van der Waals surface area contributed by atoms with Crippen molar-refractivity contribution in [2.24, 2.45) is 0 Å². The highest BCUT2D eigenvalue weighted by molar-refractivity contribution is 7.97. The van der Waals surface area contributed by atoms with Gasteiger partial charge >= 0.3 is 0 Å². The van der Waals surface area contributed by atoms with Crippen molar-refractivity contribution in [1.29, 1.82) is 0 Å². The molecule has 0 radical (unpaired) electrons. The van der Waals surface area contributed by atoms with Gasteiger partial charge in [-0.1, -0.05) is 60.2 Å². The fourth-order valence-electron chi connectivity index (χ4n) is 2.76. The number of benzene rings is 3. The summed E-state index contributed by atoms with van der Waals surface area (Å²) in [7, 11) is 0. The van der Waals surface area contributed by atoms with E-state index in [0.717, 1.165) is 22.8 Å². The summed E-state index contributed by atoms with van der Waals surface area (Å²) in [5.41, 5.74) is 6.38. The third-order valence-corrected chi connectivity index (χ3v) is 5.30. The summed E-state index contributed by atoms with van der Waals surface area (Å²) in [6.07, 6.45) is 0. The number of nitrogens with one attached hydrogen (secondary N) is 1. The van der Waals surface area contributed by atoms with Crippen LogP contribution in [0.15, 0.2) is 72.8 Å². The minimum atomic E-state index is -0.0690. The standard InChI is InChI=1S/C23H23NOS/c1-17-8-13-22(18(2)14-17)24-23(25)21-11-9-20(10-12-21)16-26-15-19-6-4-3-5-7-19/h3-14H,15-16H2,1-2H3,(H,24,25). The fourth-order valence-corrected chi connectivity index (χ4v) is 3.72. The number of aryl methyl sites for hydroxylation is 2. The maximum absolute atomic E-state index is 12.4. The lowest BCUT2D eigenvalue weighted by Gasteiger charge is -2.10. The average Bonchev–Trinajstić information content (AvgIpc) is 2.65. The largest absolute Gasteiger partial charge is 0.322 e. The first-order chi connectivity index (χ1) is 12.6. The summed E-state index contributed by atoms with van der Waals surface area (Å²) < 4.78 is 0. The number of hydrogen-bond donors (Lipinski definition) is 1. The second-order valence-electron chi connectivity index (χ2n) is 6.45. The average molecular weight is 362 g/mol. The molecule has 0 saturated heterocycles. The molecule has 1 amide bonds. The van der Waals surface area contributed by atoms with E-state index in [9.17, 15) is 4.79 Å². The van der Waals surface area contributed by atoms with Crippen molar-refractivity contribution in [3.05, 3.63) is 101 Å². The van der Waals surface area contributed by atoms with Gasteiger partial charge in [-0.15, -0.1) is 0 Å². The molecule has 3 aromatic carbocycles.